The van der Waals surface area contributed by atoms with Gasteiger partial charge in [0.05, 0.1) is 0 Å². The van der Waals surface area contributed by atoms with Gasteiger partial charge in [-0.2, -0.15) is 0 Å². The number of hydrogen-bond donors (Lipinski definition) is 4. The third kappa shape index (κ3) is 38.6. The van der Waals surface area contributed by atoms with Crippen molar-refractivity contribution < 1.29 is 29.5 Å². The smallest absolute Gasteiger partial charge is 0.331 e. The Morgan fingerprint density at radius 3 is 1.25 bits per heavy atom. The lowest BCUT2D eigenvalue weighted by molar-refractivity contribution is -0.145. The Morgan fingerprint density at radius 1 is 0.938 bits per heavy atom. The molecule has 0 aromatic heterocycles. The molecule has 0 aliphatic carbocycles. The summed E-state index contributed by atoms with van der Waals surface area (Å²) in [4.78, 5) is 27.7. The summed E-state index contributed by atoms with van der Waals surface area (Å²) >= 11 is 0. The molecule has 98 valence electrons. The first-order valence-corrected chi connectivity index (χ1v) is 4.55. The van der Waals surface area contributed by atoms with Crippen LogP contribution in [0.3, 0.4) is 0 Å². The largest absolute Gasteiger partial charge is 0.479 e. The molecule has 0 heterocycles. The predicted octanol–water partition coefficient (Wildman–Crippen LogP) is -0.530. The molecule has 0 atom stereocenters. The summed E-state index contributed by atoms with van der Waals surface area (Å²) in [7, 11) is 3.01. The Bertz CT molecular complexity index is 147. The fourth-order valence-corrected chi connectivity index (χ4v) is 0.268. The normalized spacial score (nSPS) is 8.00. The number of hydroxylamine groups is 2. The maximum absolute atomic E-state index is 9.59. The Balaban J connectivity index is -0.000000183. The van der Waals surface area contributed by atoms with E-state index in [1.807, 2.05) is 13.8 Å². The monoisotopic (exact) mass is 240 g/mol. The van der Waals surface area contributed by atoms with E-state index in [0.29, 0.717) is 0 Å². The van der Waals surface area contributed by atoms with Gasteiger partial charge in [-0.05, 0) is 0 Å². The molecule has 0 unspecified atom stereocenters. The minimum absolute atomic E-state index is 0.295. The summed E-state index contributed by atoms with van der Waals surface area (Å²) in [6, 6.07) is 0. The molecule has 0 rings (SSSR count). The number of hydrogen-bond acceptors (Lipinski definition) is 6. The highest BCUT2D eigenvalue weighted by Crippen LogP contribution is 1.62. The number of rotatable bonds is 6. The van der Waals surface area contributed by atoms with Gasteiger partial charge in [-0.25, -0.2) is 20.5 Å². The van der Waals surface area contributed by atoms with Crippen LogP contribution in [0, 0.1) is 0 Å². The molecule has 0 saturated heterocycles. The molecular weight excluding hydrogens is 220 g/mol. The van der Waals surface area contributed by atoms with E-state index in [1.54, 1.807) is 0 Å². The van der Waals surface area contributed by atoms with Crippen molar-refractivity contribution in [2.45, 2.75) is 13.8 Å². The second-order valence-corrected chi connectivity index (χ2v) is 1.77. The van der Waals surface area contributed by atoms with Crippen molar-refractivity contribution in [3.63, 3.8) is 0 Å². The molecule has 0 amide bonds. The summed E-state index contributed by atoms with van der Waals surface area (Å²) in [6.45, 7) is 3.41. The highest BCUT2D eigenvalue weighted by atomic mass is 16.7. The van der Waals surface area contributed by atoms with Crippen molar-refractivity contribution >= 4 is 11.9 Å². The van der Waals surface area contributed by atoms with E-state index in [9.17, 15) is 9.59 Å². The summed E-state index contributed by atoms with van der Waals surface area (Å²) in [5, 5.41) is 15.8. The third-order valence-electron chi connectivity index (χ3n) is 0.680. The maximum atomic E-state index is 9.59. The van der Waals surface area contributed by atoms with Crippen molar-refractivity contribution in [2.75, 3.05) is 27.3 Å². The van der Waals surface area contributed by atoms with Crippen molar-refractivity contribution in [3.8, 4) is 0 Å². The summed E-state index contributed by atoms with van der Waals surface area (Å²) in [5.41, 5.74) is 4.44. The highest BCUT2D eigenvalue weighted by Gasteiger charge is 1.91. The van der Waals surface area contributed by atoms with Gasteiger partial charge in [0.15, 0.2) is 13.2 Å². The van der Waals surface area contributed by atoms with Gasteiger partial charge in [0.1, 0.15) is 0 Å². The van der Waals surface area contributed by atoms with Crippen LogP contribution >= 0.6 is 0 Å². The predicted molar refractivity (Wildman–Crippen MR) is 56.6 cm³/mol. The molecule has 8 heteroatoms. The molecule has 0 aliphatic heterocycles. The fourth-order valence-electron chi connectivity index (χ4n) is 0.268. The van der Waals surface area contributed by atoms with E-state index < -0.39 is 11.9 Å². The standard InChI is InChI=1S/2C3H7NO3.C2H6/c2*1-4-7-2-3(5)6;1-2/h2*4H,2H2,1H3,(H,5,6);1-2H3. The van der Waals surface area contributed by atoms with E-state index >= 15 is 0 Å². The lowest BCUT2D eigenvalue weighted by Crippen LogP contribution is -2.14. The van der Waals surface area contributed by atoms with Gasteiger partial charge >= 0.3 is 11.9 Å². The van der Waals surface area contributed by atoms with Crippen LogP contribution in [0.1, 0.15) is 13.8 Å². The molecule has 16 heavy (non-hydrogen) atoms. The van der Waals surface area contributed by atoms with Crippen LogP contribution in [-0.2, 0) is 19.3 Å². The molecule has 0 bridgehead atoms. The Labute approximate surface area is 94.5 Å². The Hall–Kier alpha value is -1.22. The lowest BCUT2D eigenvalue weighted by Gasteiger charge is -1.91. The summed E-state index contributed by atoms with van der Waals surface area (Å²) in [6.07, 6.45) is 0. The van der Waals surface area contributed by atoms with Gasteiger partial charge in [0, 0.05) is 14.1 Å². The Morgan fingerprint density at radius 2 is 1.19 bits per heavy atom. The molecular formula is C8H20N2O6. The average Bonchev–Trinajstić information content (AvgIpc) is 2.27. The van der Waals surface area contributed by atoms with Gasteiger partial charge in [-0.3, -0.25) is 9.68 Å². The molecule has 0 aromatic rings. The quantitative estimate of drug-likeness (QED) is 0.458. The molecule has 0 spiro atoms. The first-order chi connectivity index (χ1) is 7.54. The van der Waals surface area contributed by atoms with Crippen LogP contribution in [0.2, 0.25) is 0 Å². The SMILES string of the molecule is CC.CNOCC(=O)O.CNOCC(=O)O. The molecule has 0 fully saturated rings. The van der Waals surface area contributed by atoms with Crippen molar-refractivity contribution in [1.82, 2.24) is 11.0 Å². The molecule has 4 N–H and O–H groups in total. The zero-order chi connectivity index (χ0) is 13.4. The highest BCUT2D eigenvalue weighted by molar-refractivity contribution is 5.68. The molecule has 0 aromatic carbocycles. The molecule has 0 saturated carbocycles. The number of carboxylic acids is 2. The van der Waals surface area contributed by atoms with Crippen LogP contribution in [-0.4, -0.2) is 49.5 Å². The van der Waals surface area contributed by atoms with E-state index in [1.165, 1.54) is 14.1 Å². The van der Waals surface area contributed by atoms with Gasteiger partial charge in [-0.15, -0.1) is 0 Å². The summed E-state index contributed by atoms with van der Waals surface area (Å²) < 4.78 is 0. The minimum atomic E-state index is -0.977. The maximum Gasteiger partial charge on any atom is 0.331 e. The van der Waals surface area contributed by atoms with Crippen LogP contribution in [0.5, 0.6) is 0 Å². The van der Waals surface area contributed by atoms with Gasteiger partial charge in [-0.1, -0.05) is 13.8 Å². The minimum Gasteiger partial charge on any atom is -0.479 e. The zero-order valence-corrected chi connectivity index (χ0v) is 9.94. The Kier molecular flexibility index (Phi) is 24.5. The van der Waals surface area contributed by atoms with Crippen LogP contribution in [0.4, 0.5) is 0 Å². The molecule has 0 radical (unpaired) electrons. The van der Waals surface area contributed by atoms with Gasteiger partial charge in [0.25, 0.3) is 0 Å². The number of carboxylic acid groups (broad SMARTS) is 2. The number of aliphatic carboxylic acids is 2. The van der Waals surface area contributed by atoms with E-state index in [-0.39, 0.29) is 13.2 Å². The first-order valence-electron chi connectivity index (χ1n) is 4.55. The zero-order valence-electron chi connectivity index (χ0n) is 9.94. The van der Waals surface area contributed by atoms with Gasteiger partial charge < -0.3 is 10.2 Å². The topological polar surface area (TPSA) is 117 Å². The lowest BCUT2D eigenvalue weighted by atomic mass is 10.8. The van der Waals surface area contributed by atoms with Crippen LogP contribution in [0.15, 0.2) is 0 Å². The van der Waals surface area contributed by atoms with Crippen LogP contribution < -0.4 is 11.0 Å². The molecule has 0 aliphatic rings. The van der Waals surface area contributed by atoms with E-state index in [0.717, 1.165) is 0 Å². The average molecular weight is 240 g/mol. The second kappa shape index (κ2) is 19.4. The first kappa shape index (κ1) is 20.2. The van der Waals surface area contributed by atoms with E-state index in [2.05, 4.69) is 20.6 Å². The second-order valence-electron chi connectivity index (χ2n) is 1.77. The fraction of sp³-hybridized carbons (Fsp3) is 0.750. The van der Waals surface area contributed by atoms with Crippen molar-refractivity contribution in [2.24, 2.45) is 0 Å². The van der Waals surface area contributed by atoms with Gasteiger partial charge in [0.2, 0.25) is 0 Å². The third-order valence-corrected chi connectivity index (χ3v) is 0.680. The summed E-state index contributed by atoms with van der Waals surface area (Å²) in [5.74, 6) is -1.95. The van der Waals surface area contributed by atoms with E-state index in [4.69, 9.17) is 10.2 Å². The number of nitrogens with one attached hydrogen (secondary N) is 2. The number of carbonyl (C=O) groups is 2. The van der Waals surface area contributed by atoms with Crippen molar-refractivity contribution in [3.05, 3.63) is 0 Å². The van der Waals surface area contributed by atoms with Crippen LogP contribution in [0.25, 0.3) is 0 Å². The molecule has 8 nitrogen and oxygen atoms in total. The van der Waals surface area contributed by atoms with Crippen molar-refractivity contribution in [1.29, 1.82) is 0 Å².